The van der Waals surface area contributed by atoms with Crippen LogP contribution < -0.4 is 4.90 Å². The first kappa shape index (κ1) is 15.3. The number of carboxylic acids is 1. The van der Waals surface area contributed by atoms with Crippen molar-refractivity contribution in [2.45, 2.75) is 6.42 Å². The fraction of sp³-hybridized carbons (Fsp3) is 0.167. The van der Waals surface area contributed by atoms with Crippen LogP contribution in [0.5, 0.6) is 0 Å². The Morgan fingerprint density at radius 1 is 1.28 bits per heavy atom. The second-order valence-electron chi connectivity index (χ2n) is 5.93. The molecule has 1 amide bonds. The van der Waals surface area contributed by atoms with Crippen molar-refractivity contribution in [2.24, 2.45) is 5.92 Å². The Balaban J connectivity index is 1.69. The number of aromatic nitrogens is 1. The minimum absolute atomic E-state index is 0.0132. The van der Waals surface area contributed by atoms with Gasteiger partial charge in [0.05, 0.1) is 5.92 Å². The van der Waals surface area contributed by atoms with E-state index in [9.17, 15) is 14.0 Å². The number of nitrogens with zero attached hydrogens (tertiary/aromatic N) is 2. The van der Waals surface area contributed by atoms with Gasteiger partial charge in [-0.2, -0.15) is 0 Å². The molecule has 1 aliphatic rings. The molecule has 0 aliphatic carbocycles. The van der Waals surface area contributed by atoms with Crippen LogP contribution >= 0.6 is 0 Å². The van der Waals surface area contributed by atoms with Crippen molar-refractivity contribution in [3.63, 3.8) is 0 Å². The Bertz CT molecular complexity index is 998. The molecule has 2 heterocycles. The molecule has 1 fully saturated rings. The number of hydrogen-bond donors (Lipinski definition) is 1. The third kappa shape index (κ3) is 2.73. The van der Waals surface area contributed by atoms with E-state index < -0.39 is 11.9 Å². The highest BCUT2D eigenvalue weighted by Crippen LogP contribution is 2.30. The summed E-state index contributed by atoms with van der Waals surface area (Å²) in [5, 5.41) is 9.08. The van der Waals surface area contributed by atoms with Gasteiger partial charge >= 0.3 is 5.97 Å². The first-order valence-corrected chi connectivity index (χ1v) is 7.71. The van der Waals surface area contributed by atoms with Gasteiger partial charge in [0.1, 0.15) is 11.3 Å². The molecule has 1 saturated heterocycles. The molecule has 6 nitrogen and oxygen atoms in total. The molecule has 3 aromatic rings. The van der Waals surface area contributed by atoms with Gasteiger partial charge in [0, 0.05) is 24.2 Å². The van der Waals surface area contributed by atoms with Crippen molar-refractivity contribution in [2.75, 3.05) is 11.4 Å². The van der Waals surface area contributed by atoms with Crippen molar-refractivity contribution < 1.29 is 23.5 Å². The number of amides is 1. The highest BCUT2D eigenvalue weighted by atomic mass is 19.1. The first-order chi connectivity index (χ1) is 12.0. The first-order valence-electron chi connectivity index (χ1n) is 7.71. The van der Waals surface area contributed by atoms with E-state index >= 15 is 0 Å². The Morgan fingerprint density at radius 2 is 2.12 bits per heavy atom. The lowest BCUT2D eigenvalue weighted by Gasteiger charge is -2.15. The van der Waals surface area contributed by atoms with Gasteiger partial charge < -0.3 is 14.4 Å². The summed E-state index contributed by atoms with van der Waals surface area (Å²) < 4.78 is 19.0. The maximum atomic E-state index is 13.4. The molecule has 0 radical (unpaired) electrons. The van der Waals surface area contributed by atoms with Crippen molar-refractivity contribution in [3.8, 4) is 11.5 Å². The van der Waals surface area contributed by atoms with E-state index in [0.29, 0.717) is 22.4 Å². The topological polar surface area (TPSA) is 83.6 Å². The molecule has 4 rings (SSSR count). The Morgan fingerprint density at radius 3 is 2.84 bits per heavy atom. The summed E-state index contributed by atoms with van der Waals surface area (Å²) in [7, 11) is 0. The van der Waals surface area contributed by atoms with Crippen molar-refractivity contribution in [3.05, 3.63) is 48.3 Å². The van der Waals surface area contributed by atoms with Gasteiger partial charge in [-0.3, -0.25) is 9.59 Å². The Labute approximate surface area is 141 Å². The van der Waals surface area contributed by atoms with E-state index in [1.54, 1.807) is 30.3 Å². The molecule has 1 aromatic heterocycles. The monoisotopic (exact) mass is 340 g/mol. The zero-order chi connectivity index (χ0) is 17.6. The number of rotatable bonds is 3. The summed E-state index contributed by atoms with van der Waals surface area (Å²) in [6, 6.07) is 10.9. The van der Waals surface area contributed by atoms with Gasteiger partial charge in [0.25, 0.3) is 0 Å². The lowest BCUT2D eigenvalue weighted by Crippen LogP contribution is -2.25. The Hall–Kier alpha value is -3.22. The number of hydrogen-bond acceptors (Lipinski definition) is 4. The van der Waals surface area contributed by atoms with Crippen LogP contribution in [-0.4, -0.2) is 28.5 Å². The van der Waals surface area contributed by atoms with Crippen LogP contribution in [0.25, 0.3) is 22.6 Å². The van der Waals surface area contributed by atoms with Crippen LogP contribution in [0.15, 0.2) is 46.9 Å². The number of fused-ring (bicyclic) bond motifs is 1. The predicted molar refractivity (Wildman–Crippen MR) is 87.5 cm³/mol. The molecule has 126 valence electrons. The summed E-state index contributed by atoms with van der Waals surface area (Å²) in [6.45, 7) is 0.133. The van der Waals surface area contributed by atoms with E-state index in [1.807, 2.05) is 0 Å². The second-order valence-corrected chi connectivity index (χ2v) is 5.93. The van der Waals surface area contributed by atoms with Gasteiger partial charge in [-0.05, 0) is 36.4 Å². The van der Waals surface area contributed by atoms with E-state index in [4.69, 9.17) is 9.52 Å². The maximum absolute atomic E-state index is 13.4. The van der Waals surface area contributed by atoms with Crippen LogP contribution in [0, 0.1) is 11.7 Å². The molecule has 0 bridgehead atoms. The third-order valence-corrected chi connectivity index (χ3v) is 4.23. The van der Waals surface area contributed by atoms with Gasteiger partial charge in [0.2, 0.25) is 11.8 Å². The number of aliphatic carboxylic acids is 1. The highest BCUT2D eigenvalue weighted by Gasteiger charge is 2.35. The van der Waals surface area contributed by atoms with Crippen LogP contribution in [0.2, 0.25) is 0 Å². The number of oxazole rings is 1. The predicted octanol–water partition coefficient (Wildman–Crippen LogP) is 3.07. The van der Waals surface area contributed by atoms with Crippen molar-refractivity contribution >= 4 is 28.7 Å². The zero-order valence-electron chi connectivity index (χ0n) is 13.0. The van der Waals surface area contributed by atoms with Gasteiger partial charge in [-0.1, -0.05) is 6.07 Å². The molecule has 1 unspecified atom stereocenters. The van der Waals surface area contributed by atoms with Gasteiger partial charge in [-0.25, -0.2) is 9.37 Å². The number of carbonyl (C=O) groups is 2. The quantitative estimate of drug-likeness (QED) is 0.792. The van der Waals surface area contributed by atoms with E-state index in [-0.39, 0.29) is 30.6 Å². The van der Waals surface area contributed by atoms with Crippen molar-refractivity contribution in [1.29, 1.82) is 0 Å². The zero-order valence-corrected chi connectivity index (χ0v) is 13.0. The smallest absolute Gasteiger partial charge is 0.308 e. The normalized spacial score (nSPS) is 17.4. The molecule has 2 aromatic carbocycles. The molecule has 0 spiro atoms. The van der Waals surface area contributed by atoms with E-state index in [0.717, 1.165) is 0 Å². The molecule has 7 heteroatoms. The molecular formula is C18H13FN2O4. The average Bonchev–Trinajstić information content (AvgIpc) is 3.17. The summed E-state index contributed by atoms with van der Waals surface area (Å²) >= 11 is 0. The third-order valence-electron chi connectivity index (χ3n) is 4.23. The van der Waals surface area contributed by atoms with Gasteiger partial charge in [-0.15, -0.1) is 0 Å². The summed E-state index contributed by atoms with van der Waals surface area (Å²) in [5.74, 6) is -2.03. The van der Waals surface area contributed by atoms with Crippen LogP contribution in [0.4, 0.5) is 10.1 Å². The number of halogens is 1. The number of carboxylic acid groups (broad SMARTS) is 1. The molecule has 1 aliphatic heterocycles. The lowest BCUT2D eigenvalue weighted by molar-refractivity contribution is -0.141. The standard InChI is InChI=1S/C18H13FN2O4/c19-12-3-1-2-10(6-12)17-20-14-8-13(4-5-15(14)25-17)21-9-11(18(23)24)7-16(21)22/h1-6,8,11H,7,9H2,(H,23,24). The Kier molecular flexibility index (Phi) is 3.49. The lowest BCUT2D eigenvalue weighted by atomic mass is 10.1. The summed E-state index contributed by atoms with van der Waals surface area (Å²) in [6.07, 6.45) is -0.0132. The second kappa shape index (κ2) is 5.70. The highest BCUT2D eigenvalue weighted by molar-refractivity contribution is 6.00. The number of anilines is 1. The maximum Gasteiger partial charge on any atom is 0.308 e. The minimum Gasteiger partial charge on any atom is -0.481 e. The molecule has 1 N–H and O–H groups in total. The molecular weight excluding hydrogens is 327 g/mol. The minimum atomic E-state index is -0.980. The van der Waals surface area contributed by atoms with E-state index in [2.05, 4.69) is 4.98 Å². The fourth-order valence-electron chi connectivity index (χ4n) is 2.95. The van der Waals surface area contributed by atoms with Crippen LogP contribution in [0.3, 0.4) is 0 Å². The summed E-state index contributed by atoms with van der Waals surface area (Å²) in [5.41, 5.74) is 2.11. The van der Waals surface area contributed by atoms with Crippen molar-refractivity contribution in [1.82, 2.24) is 4.98 Å². The average molecular weight is 340 g/mol. The largest absolute Gasteiger partial charge is 0.481 e. The van der Waals surface area contributed by atoms with Crippen LogP contribution in [0.1, 0.15) is 6.42 Å². The number of carbonyl (C=O) groups excluding carboxylic acids is 1. The van der Waals surface area contributed by atoms with Crippen LogP contribution in [-0.2, 0) is 9.59 Å². The number of benzene rings is 2. The SMILES string of the molecule is O=C(O)C1CC(=O)N(c2ccc3oc(-c4cccc(F)c4)nc3c2)C1. The van der Waals surface area contributed by atoms with Gasteiger partial charge in [0.15, 0.2) is 5.58 Å². The molecule has 1 atom stereocenters. The van der Waals surface area contributed by atoms with E-state index in [1.165, 1.54) is 17.0 Å². The summed E-state index contributed by atoms with van der Waals surface area (Å²) in [4.78, 5) is 28.9. The molecule has 0 saturated carbocycles. The fourth-order valence-corrected chi connectivity index (χ4v) is 2.95. The molecule has 25 heavy (non-hydrogen) atoms.